The van der Waals surface area contributed by atoms with Gasteiger partial charge >= 0.3 is 0 Å². The summed E-state index contributed by atoms with van der Waals surface area (Å²) in [7, 11) is 2.06. The number of nitrogens with one attached hydrogen (secondary N) is 2. The van der Waals surface area contributed by atoms with E-state index in [0.29, 0.717) is 6.04 Å². The van der Waals surface area contributed by atoms with Gasteiger partial charge < -0.3 is 15.2 Å². The van der Waals surface area contributed by atoms with E-state index in [1.807, 2.05) is 12.3 Å². The number of hydrogen-bond acceptors (Lipinski definition) is 3. The van der Waals surface area contributed by atoms with Crippen LogP contribution in [0, 0.1) is 0 Å². The van der Waals surface area contributed by atoms with E-state index in [2.05, 4.69) is 39.5 Å². The summed E-state index contributed by atoms with van der Waals surface area (Å²) in [6.45, 7) is 2.16. The van der Waals surface area contributed by atoms with Crippen molar-refractivity contribution in [2.45, 2.75) is 12.5 Å². The lowest BCUT2D eigenvalue weighted by Gasteiger charge is -2.14. The van der Waals surface area contributed by atoms with Gasteiger partial charge in [-0.05, 0) is 25.1 Å². The summed E-state index contributed by atoms with van der Waals surface area (Å²) in [4.78, 5) is 4.36. The van der Waals surface area contributed by atoms with Crippen molar-refractivity contribution in [3.63, 3.8) is 0 Å². The Morgan fingerprint density at radius 1 is 1.50 bits per heavy atom. The third-order valence-electron chi connectivity index (χ3n) is 3.18. The minimum absolute atomic E-state index is 0.542. The average Bonchev–Trinajstić information content (AvgIpc) is 2.90. The standard InChI is InChI=1S/C12H16N4/c1-16-7-4-10-12(16)11(3-6-14-10)15-9-2-5-13-8-9/h3-4,6-7,9,13H,2,5,8H2,1H3,(H,14,15). The van der Waals surface area contributed by atoms with Crippen LogP contribution in [-0.4, -0.2) is 28.7 Å². The molecule has 1 unspecified atom stereocenters. The Morgan fingerprint density at radius 2 is 2.44 bits per heavy atom. The molecule has 1 aliphatic rings. The van der Waals surface area contributed by atoms with E-state index in [-0.39, 0.29) is 0 Å². The van der Waals surface area contributed by atoms with Gasteiger partial charge in [-0.25, -0.2) is 0 Å². The number of nitrogens with zero attached hydrogens (tertiary/aromatic N) is 2. The molecule has 0 radical (unpaired) electrons. The third-order valence-corrected chi connectivity index (χ3v) is 3.18. The zero-order valence-electron chi connectivity index (χ0n) is 9.40. The van der Waals surface area contributed by atoms with Gasteiger partial charge in [0.25, 0.3) is 0 Å². The molecule has 3 heterocycles. The maximum absolute atomic E-state index is 4.36. The fourth-order valence-corrected chi connectivity index (χ4v) is 2.33. The lowest BCUT2D eigenvalue weighted by atomic mass is 10.2. The van der Waals surface area contributed by atoms with Gasteiger partial charge in [0.2, 0.25) is 0 Å². The fourth-order valence-electron chi connectivity index (χ4n) is 2.33. The van der Waals surface area contributed by atoms with Crippen molar-refractivity contribution in [3.05, 3.63) is 24.5 Å². The van der Waals surface area contributed by atoms with Crippen LogP contribution in [-0.2, 0) is 7.05 Å². The number of aromatic nitrogens is 2. The van der Waals surface area contributed by atoms with E-state index >= 15 is 0 Å². The molecular weight excluding hydrogens is 200 g/mol. The van der Waals surface area contributed by atoms with Crippen molar-refractivity contribution in [2.24, 2.45) is 7.05 Å². The highest BCUT2D eigenvalue weighted by molar-refractivity contribution is 5.88. The highest BCUT2D eigenvalue weighted by atomic mass is 15.1. The summed E-state index contributed by atoms with van der Waals surface area (Å²) in [6.07, 6.45) is 5.11. The van der Waals surface area contributed by atoms with Crippen molar-refractivity contribution in [3.8, 4) is 0 Å². The predicted octanol–water partition coefficient (Wildman–Crippen LogP) is 1.35. The predicted molar refractivity (Wildman–Crippen MR) is 65.6 cm³/mol. The first kappa shape index (κ1) is 9.66. The molecule has 1 atom stereocenters. The maximum atomic E-state index is 4.36. The Balaban J connectivity index is 1.98. The first-order chi connectivity index (χ1) is 7.84. The normalized spacial score (nSPS) is 20.4. The average molecular weight is 216 g/mol. The number of fused-ring (bicyclic) bond motifs is 1. The van der Waals surface area contributed by atoms with E-state index in [9.17, 15) is 0 Å². The zero-order chi connectivity index (χ0) is 11.0. The van der Waals surface area contributed by atoms with Crippen LogP contribution >= 0.6 is 0 Å². The Morgan fingerprint density at radius 3 is 3.25 bits per heavy atom. The lowest BCUT2D eigenvalue weighted by Crippen LogP contribution is -2.22. The largest absolute Gasteiger partial charge is 0.379 e. The van der Waals surface area contributed by atoms with Gasteiger partial charge in [0.1, 0.15) is 0 Å². The Hall–Kier alpha value is -1.55. The molecule has 16 heavy (non-hydrogen) atoms. The first-order valence-electron chi connectivity index (χ1n) is 5.72. The number of anilines is 1. The number of pyridine rings is 1. The molecule has 0 amide bonds. The van der Waals surface area contributed by atoms with Gasteiger partial charge in [0, 0.05) is 32.0 Å². The molecule has 0 spiro atoms. The van der Waals surface area contributed by atoms with Gasteiger partial charge in [0.15, 0.2) is 0 Å². The minimum atomic E-state index is 0.542. The van der Waals surface area contributed by atoms with Crippen LogP contribution in [0.25, 0.3) is 11.0 Å². The lowest BCUT2D eigenvalue weighted by molar-refractivity contribution is 0.793. The van der Waals surface area contributed by atoms with E-state index in [1.165, 1.54) is 17.6 Å². The molecule has 4 nitrogen and oxygen atoms in total. The molecular formula is C12H16N4. The van der Waals surface area contributed by atoms with Gasteiger partial charge in [-0.1, -0.05) is 0 Å². The van der Waals surface area contributed by atoms with E-state index in [4.69, 9.17) is 0 Å². The Bertz CT molecular complexity index is 497. The Labute approximate surface area is 94.7 Å². The summed E-state index contributed by atoms with van der Waals surface area (Å²) in [5, 5.41) is 6.95. The molecule has 1 fully saturated rings. The van der Waals surface area contributed by atoms with E-state index < -0.39 is 0 Å². The number of hydrogen-bond donors (Lipinski definition) is 2. The SMILES string of the molecule is Cn1ccc2nccc(NC3CCNC3)c21. The molecule has 84 valence electrons. The second kappa shape index (κ2) is 3.79. The molecule has 4 heteroatoms. The number of rotatable bonds is 2. The molecule has 3 rings (SSSR count). The fraction of sp³-hybridized carbons (Fsp3) is 0.417. The van der Waals surface area contributed by atoms with Crippen LogP contribution in [0.15, 0.2) is 24.5 Å². The Kier molecular flexibility index (Phi) is 2.29. The van der Waals surface area contributed by atoms with Crippen LogP contribution in [0.1, 0.15) is 6.42 Å². The van der Waals surface area contributed by atoms with Crippen molar-refractivity contribution < 1.29 is 0 Å². The quantitative estimate of drug-likeness (QED) is 0.796. The van der Waals surface area contributed by atoms with E-state index in [0.717, 1.165) is 18.6 Å². The molecule has 0 aliphatic carbocycles. The summed E-state index contributed by atoms with van der Waals surface area (Å²) in [5.41, 5.74) is 3.43. The van der Waals surface area contributed by atoms with Crippen molar-refractivity contribution in [1.82, 2.24) is 14.9 Å². The highest BCUT2D eigenvalue weighted by Gasteiger charge is 2.15. The zero-order valence-corrected chi connectivity index (χ0v) is 9.40. The minimum Gasteiger partial charge on any atom is -0.379 e. The van der Waals surface area contributed by atoms with Crippen molar-refractivity contribution in [2.75, 3.05) is 18.4 Å². The monoisotopic (exact) mass is 216 g/mol. The highest BCUT2D eigenvalue weighted by Crippen LogP contribution is 2.23. The van der Waals surface area contributed by atoms with Gasteiger partial charge in [-0.15, -0.1) is 0 Å². The van der Waals surface area contributed by atoms with Crippen LogP contribution in [0.4, 0.5) is 5.69 Å². The third kappa shape index (κ3) is 1.55. The van der Waals surface area contributed by atoms with Crippen LogP contribution < -0.4 is 10.6 Å². The van der Waals surface area contributed by atoms with Gasteiger partial charge in [-0.3, -0.25) is 4.98 Å². The summed E-state index contributed by atoms with van der Waals surface area (Å²) in [6, 6.07) is 4.65. The summed E-state index contributed by atoms with van der Waals surface area (Å²) >= 11 is 0. The van der Waals surface area contributed by atoms with Gasteiger partial charge in [-0.2, -0.15) is 0 Å². The molecule has 1 saturated heterocycles. The molecule has 0 saturated carbocycles. The second-order valence-electron chi connectivity index (χ2n) is 4.35. The van der Waals surface area contributed by atoms with Crippen molar-refractivity contribution in [1.29, 1.82) is 0 Å². The van der Waals surface area contributed by atoms with E-state index in [1.54, 1.807) is 0 Å². The second-order valence-corrected chi connectivity index (χ2v) is 4.35. The first-order valence-corrected chi connectivity index (χ1v) is 5.72. The van der Waals surface area contributed by atoms with Crippen LogP contribution in [0.2, 0.25) is 0 Å². The number of aryl methyl sites for hydroxylation is 1. The molecule has 2 aromatic heterocycles. The molecule has 1 aliphatic heterocycles. The maximum Gasteiger partial charge on any atom is 0.0902 e. The summed E-state index contributed by atoms with van der Waals surface area (Å²) in [5.74, 6) is 0. The van der Waals surface area contributed by atoms with Gasteiger partial charge in [0.05, 0.1) is 16.7 Å². The molecule has 0 aromatic carbocycles. The molecule has 2 N–H and O–H groups in total. The summed E-state index contributed by atoms with van der Waals surface area (Å²) < 4.78 is 2.12. The van der Waals surface area contributed by atoms with Crippen molar-refractivity contribution >= 4 is 16.7 Å². The van der Waals surface area contributed by atoms with Crippen LogP contribution in [0.3, 0.4) is 0 Å². The molecule has 2 aromatic rings. The molecule has 0 bridgehead atoms. The topological polar surface area (TPSA) is 41.9 Å². The van der Waals surface area contributed by atoms with Crippen LogP contribution in [0.5, 0.6) is 0 Å². The smallest absolute Gasteiger partial charge is 0.0902 e.